The molecule has 0 spiro atoms. The number of thiazole rings is 1. The summed E-state index contributed by atoms with van der Waals surface area (Å²) in [7, 11) is 0. The maximum Gasteiger partial charge on any atom is 0.308 e. The fourth-order valence-electron chi connectivity index (χ4n) is 2.98. The van der Waals surface area contributed by atoms with Gasteiger partial charge in [-0.05, 0) is 30.3 Å². The van der Waals surface area contributed by atoms with Crippen molar-refractivity contribution < 1.29 is 9.59 Å². The number of anilines is 1. The van der Waals surface area contributed by atoms with Gasteiger partial charge in [0.25, 0.3) is 0 Å². The summed E-state index contributed by atoms with van der Waals surface area (Å²) in [5.41, 5.74) is 2.43. The summed E-state index contributed by atoms with van der Waals surface area (Å²) in [4.78, 5) is 37.1. The molecule has 0 aliphatic heterocycles. The number of hydrogen-bond donors (Lipinski definition) is 1. The van der Waals surface area contributed by atoms with Crippen molar-refractivity contribution in [3.8, 4) is 0 Å². The molecule has 5 nitrogen and oxygen atoms in total. The lowest BCUT2D eigenvalue weighted by molar-refractivity contribution is -0.116. The van der Waals surface area contributed by atoms with E-state index >= 15 is 0 Å². The summed E-state index contributed by atoms with van der Waals surface area (Å²) in [6, 6.07) is 23.2. The van der Waals surface area contributed by atoms with Crippen LogP contribution in [0.3, 0.4) is 0 Å². The topological polar surface area (TPSA) is 68.2 Å². The lowest BCUT2D eigenvalue weighted by Crippen LogP contribution is -2.24. The second kappa shape index (κ2) is 7.62. The second-order valence-electron chi connectivity index (χ2n) is 6.25. The number of rotatable bonds is 5. The minimum Gasteiger partial charge on any atom is -0.325 e. The third kappa shape index (κ3) is 3.63. The summed E-state index contributed by atoms with van der Waals surface area (Å²) >= 11 is 1.03. The highest BCUT2D eigenvalue weighted by molar-refractivity contribution is 7.16. The Morgan fingerprint density at radius 2 is 1.54 bits per heavy atom. The molecule has 0 radical (unpaired) electrons. The number of ketones is 1. The monoisotopic (exact) mass is 388 g/mol. The summed E-state index contributed by atoms with van der Waals surface area (Å²) < 4.78 is 2.11. The van der Waals surface area contributed by atoms with Crippen LogP contribution in [0.5, 0.6) is 0 Å². The fraction of sp³-hybridized carbons (Fsp3) is 0.0455. The van der Waals surface area contributed by atoms with Crippen LogP contribution in [0.2, 0.25) is 0 Å². The van der Waals surface area contributed by atoms with Crippen molar-refractivity contribution >= 4 is 38.9 Å². The van der Waals surface area contributed by atoms with E-state index in [1.54, 1.807) is 42.5 Å². The Bertz CT molecular complexity index is 1210. The number of carbonyl (C=O) groups is 2. The second-order valence-corrected chi connectivity index (χ2v) is 7.24. The third-order valence-corrected chi connectivity index (χ3v) is 5.27. The molecule has 4 aromatic rings. The number of benzene rings is 3. The average Bonchev–Trinajstić information content (AvgIpc) is 3.03. The van der Waals surface area contributed by atoms with E-state index in [0.29, 0.717) is 27.0 Å². The van der Waals surface area contributed by atoms with E-state index in [-0.39, 0.29) is 23.1 Å². The van der Waals surface area contributed by atoms with Gasteiger partial charge in [0.15, 0.2) is 5.78 Å². The van der Waals surface area contributed by atoms with E-state index in [1.165, 1.54) is 4.57 Å². The molecule has 138 valence electrons. The highest BCUT2D eigenvalue weighted by Gasteiger charge is 2.15. The van der Waals surface area contributed by atoms with Crippen LogP contribution < -0.4 is 10.2 Å². The normalized spacial score (nSPS) is 10.7. The molecule has 1 heterocycles. The van der Waals surface area contributed by atoms with Gasteiger partial charge < -0.3 is 5.32 Å². The lowest BCUT2D eigenvalue weighted by atomic mass is 10.0. The summed E-state index contributed by atoms with van der Waals surface area (Å²) in [5, 5.41) is 2.78. The first-order valence-corrected chi connectivity index (χ1v) is 9.51. The Morgan fingerprint density at radius 1 is 0.857 bits per heavy atom. The summed E-state index contributed by atoms with van der Waals surface area (Å²) in [6.07, 6.45) is 0. The molecule has 0 unspecified atom stereocenters. The molecule has 0 fully saturated rings. The van der Waals surface area contributed by atoms with Gasteiger partial charge in [-0.25, -0.2) is 0 Å². The van der Waals surface area contributed by atoms with Crippen molar-refractivity contribution in [3.05, 3.63) is 99.7 Å². The molecule has 0 saturated carbocycles. The molecule has 3 aromatic carbocycles. The van der Waals surface area contributed by atoms with Crippen LogP contribution in [-0.4, -0.2) is 16.3 Å². The molecule has 1 amide bonds. The molecule has 6 heteroatoms. The van der Waals surface area contributed by atoms with Gasteiger partial charge in [0.2, 0.25) is 5.91 Å². The van der Waals surface area contributed by atoms with Crippen molar-refractivity contribution in [2.24, 2.45) is 0 Å². The molecule has 4 rings (SSSR count). The van der Waals surface area contributed by atoms with Crippen LogP contribution in [0.4, 0.5) is 5.69 Å². The maximum absolute atomic E-state index is 12.6. The van der Waals surface area contributed by atoms with Crippen molar-refractivity contribution in [3.63, 3.8) is 0 Å². The van der Waals surface area contributed by atoms with E-state index in [4.69, 9.17) is 0 Å². The minimum absolute atomic E-state index is 0.0836. The van der Waals surface area contributed by atoms with E-state index in [1.807, 2.05) is 36.4 Å². The molecular weight excluding hydrogens is 372 g/mol. The predicted octanol–water partition coefficient (Wildman–Crippen LogP) is 3.93. The van der Waals surface area contributed by atoms with Gasteiger partial charge in [-0.15, -0.1) is 0 Å². The average molecular weight is 388 g/mol. The first-order chi connectivity index (χ1) is 13.6. The van der Waals surface area contributed by atoms with Crippen molar-refractivity contribution in [1.82, 2.24) is 4.57 Å². The number of nitrogens with one attached hydrogen (secondary N) is 1. The fourth-order valence-corrected chi connectivity index (χ4v) is 3.91. The van der Waals surface area contributed by atoms with Crippen molar-refractivity contribution in [1.29, 1.82) is 0 Å². The van der Waals surface area contributed by atoms with Gasteiger partial charge >= 0.3 is 4.87 Å². The smallest absolute Gasteiger partial charge is 0.308 e. The molecule has 0 aliphatic rings. The van der Waals surface area contributed by atoms with E-state index in [2.05, 4.69) is 5.32 Å². The molecule has 0 atom stereocenters. The standard InChI is InChI=1S/C22H16N2O3S/c25-20(23-17-9-5-2-6-10-17)14-24-18-12-11-16(13-19(18)28-22(24)27)21(26)15-7-3-1-4-8-15/h1-13H,14H2,(H,23,25). The van der Waals surface area contributed by atoms with Crippen LogP contribution in [0.1, 0.15) is 15.9 Å². The van der Waals surface area contributed by atoms with Crippen LogP contribution in [0, 0.1) is 0 Å². The SMILES string of the molecule is O=C(Cn1c(=O)sc2cc(C(=O)c3ccccc3)ccc21)Nc1ccccc1. The van der Waals surface area contributed by atoms with Crippen LogP contribution in [-0.2, 0) is 11.3 Å². The zero-order valence-corrected chi connectivity index (χ0v) is 15.6. The third-order valence-electron chi connectivity index (χ3n) is 4.33. The predicted molar refractivity (Wildman–Crippen MR) is 111 cm³/mol. The molecule has 1 N–H and O–H groups in total. The summed E-state index contributed by atoms with van der Waals surface area (Å²) in [5.74, 6) is -0.380. The Kier molecular flexibility index (Phi) is 4.87. The number of fused-ring (bicyclic) bond motifs is 1. The first-order valence-electron chi connectivity index (χ1n) is 8.70. The zero-order valence-electron chi connectivity index (χ0n) is 14.8. The molecule has 28 heavy (non-hydrogen) atoms. The van der Waals surface area contributed by atoms with Gasteiger partial charge in [0, 0.05) is 16.8 Å². The molecular formula is C22H16N2O3S. The number of aromatic nitrogens is 1. The highest BCUT2D eigenvalue weighted by atomic mass is 32.1. The van der Waals surface area contributed by atoms with Gasteiger partial charge in [-0.1, -0.05) is 59.9 Å². The van der Waals surface area contributed by atoms with Crippen molar-refractivity contribution in [2.75, 3.05) is 5.32 Å². The Morgan fingerprint density at radius 3 is 2.25 bits per heavy atom. The largest absolute Gasteiger partial charge is 0.325 e. The van der Waals surface area contributed by atoms with Gasteiger partial charge in [-0.3, -0.25) is 19.0 Å². The number of hydrogen-bond acceptors (Lipinski definition) is 4. The Hall–Kier alpha value is -3.51. The van der Waals surface area contributed by atoms with E-state index in [0.717, 1.165) is 11.3 Å². The van der Waals surface area contributed by atoms with Crippen molar-refractivity contribution in [2.45, 2.75) is 6.54 Å². The number of amides is 1. The molecule has 1 aromatic heterocycles. The number of para-hydroxylation sites is 1. The quantitative estimate of drug-likeness (QED) is 0.527. The number of nitrogens with zero attached hydrogens (tertiary/aromatic N) is 1. The first kappa shape index (κ1) is 17.9. The Balaban J connectivity index is 1.60. The highest BCUT2D eigenvalue weighted by Crippen LogP contribution is 2.21. The molecule has 0 saturated heterocycles. The Labute approximate surface area is 164 Å². The van der Waals surface area contributed by atoms with Crippen LogP contribution in [0.15, 0.2) is 83.7 Å². The molecule has 0 bridgehead atoms. The van der Waals surface area contributed by atoms with E-state index < -0.39 is 0 Å². The van der Waals surface area contributed by atoms with Gasteiger partial charge in [-0.2, -0.15) is 0 Å². The van der Waals surface area contributed by atoms with Crippen LogP contribution >= 0.6 is 11.3 Å². The number of carbonyl (C=O) groups excluding carboxylic acids is 2. The van der Waals surface area contributed by atoms with Gasteiger partial charge in [0.05, 0.1) is 10.2 Å². The zero-order chi connectivity index (χ0) is 19.5. The van der Waals surface area contributed by atoms with Crippen LogP contribution in [0.25, 0.3) is 10.2 Å². The summed E-state index contributed by atoms with van der Waals surface area (Å²) in [6.45, 7) is -0.0836. The molecule has 0 aliphatic carbocycles. The minimum atomic E-state index is -0.280. The lowest BCUT2D eigenvalue weighted by Gasteiger charge is -2.07. The van der Waals surface area contributed by atoms with Gasteiger partial charge in [0.1, 0.15) is 6.54 Å². The maximum atomic E-state index is 12.6. The van der Waals surface area contributed by atoms with E-state index in [9.17, 15) is 14.4 Å².